The van der Waals surface area contributed by atoms with Gasteiger partial charge in [-0.3, -0.25) is 14.9 Å². The molecule has 2 aliphatic rings. The van der Waals surface area contributed by atoms with Crippen molar-refractivity contribution in [3.63, 3.8) is 0 Å². The normalized spacial score (nSPS) is 22.4. The molecule has 2 saturated heterocycles. The molecule has 0 radical (unpaired) electrons. The highest BCUT2D eigenvalue weighted by Gasteiger charge is 2.34. The lowest BCUT2D eigenvalue weighted by molar-refractivity contribution is -0.124. The van der Waals surface area contributed by atoms with Gasteiger partial charge in [0.25, 0.3) is 5.91 Å². The van der Waals surface area contributed by atoms with E-state index >= 15 is 0 Å². The minimum absolute atomic E-state index is 0.0278. The largest absolute Gasteiger partial charge is 0.368 e. The average molecular weight is 407 g/mol. The fraction of sp³-hybridized carbons (Fsp3) is 0.444. The summed E-state index contributed by atoms with van der Waals surface area (Å²) in [5.41, 5.74) is 1.76. The number of ether oxygens (including phenoxy) is 1. The van der Waals surface area contributed by atoms with Gasteiger partial charge in [0.2, 0.25) is 11.0 Å². The minimum Gasteiger partial charge on any atom is -0.368 e. The molecule has 4 rings (SSSR count). The fourth-order valence-corrected chi connectivity index (χ4v) is 4.30. The predicted octanol–water partition coefficient (Wildman–Crippen LogP) is 3.14. The first-order valence-electron chi connectivity index (χ1n) is 8.83. The zero-order valence-corrected chi connectivity index (χ0v) is 16.3. The number of halogens is 1. The molecule has 0 spiro atoms. The van der Waals surface area contributed by atoms with Gasteiger partial charge in [0.1, 0.15) is 11.1 Å². The van der Waals surface area contributed by atoms with Gasteiger partial charge in [-0.2, -0.15) is 0 Å². The molecule has 9 heteroatoms. The molecule has 1 aromatic heterocycles. The Labute approximate surface area is 165 Å². The molecular weight excluding hydrogens is 388 g/mol. The van der Waals surface area contributed by atoms with Crippen LogP contribution in [0.4, 0.5) is 10.8 Å². The van der Waals surface area contributed by atoms with Crippen molar-refractivity contribution in [2.24, 2.45) is 0 Å². The van der Waals surface area contributed by atoms with Crippen molar-refractivity contribution in [3.05, 3.63) is 33.8 Å². The van der Waals surface area contributed by atoms with Crippen molar-refractivity contribution >= 4 is 45.6 Å². The molecule has 0 bridgehead atoms. The summed E-state index contributed by atoms with van der Waals surface area (Å²) in [6.45, 7) is 3.06. The number of hydrogen-bond acceptors (Lipinski definition) is 6. The summed E-state index contributed by atoms with van der Waals surface area (Å²) >= 11 is 7.50. The maximum Gasteiger partial charge on any atom is 0.255 e. The molecule has 2 amide bonds. The Hall–Kier alpha value is -2.03. The van der Waals surface area contributed by atoms with Crippen molar-refractivity contribution < 1.29 is 14.3 Å². The third-order valence-electron chi connectivity index (χ3n) is 4.83. The van der Waals surface area contributed by atoms with Gasteiger partial charge >= 0.3 is 0 Å². The van der Waals surface area contributed by atoms with E-state index in [0.29, 0.717) is 29.7 Å². The van der Waals surface area contributed by atoms with E-state index in [-0.39, 0.29) is 17.7 Å². The first-order valence-corrected chi connectivity index (χ1v) is 10.0. The van der Waals surface area contributed by atoms with Crippen molar-refractivity contribution in [1.82, 2.24) is 10.2 Å². The molecule has 2 fully saturated rings. The summed E-state index contributed by atoms with van der Waals surface area (Å²) < 4.78 is 5.37. The number of carbonyl (C=O) groups is 2. The van der Waals surface area contributed by atoms with Gasteiger partial charge < -0.3 is 9.64 Å². The molecule has 3 heterocycles. The van der Waals surface area contributed by atoms with Crippen LogP contribution in [0, 0.1) is 6.92 Å². The summed E-state index contributed by atoms with van der Waals surface area (Å²) in [4.78, 5) is 26.3. The number of amides is 2. The van der Waals surface area contributed by atoms with Crippen LogP contribution in [0.25, 0.3) is 0 Å². The number of nitrogens with one attached hydrogen (secondary N) is 1. The van der Waals surface area contributed by atoms with E-state index < -0.39 is 6.10 Å². The van der Waals surface area contributed by atoms with E-state index in [0.717, 1.165) is 29.1 Å². The van der Waals surface area contributed by atoms with Crippen LogP contribution < -0.4 is 10.2 Å². The van der Waals surface area contributed by atoms with Crippen LogP contribution in [-0.4, -0.2) is 41.3 Å². The van der Waals surface area contributed by atoms with Gasteiger partial charge in [-0.25, -0.2) is 0 Å². The number of rotatable bonds is 4. The SMILES string of the molecule is Cc1ccc(N2C[C@@H](c3nnc(NC(=O)[C@@H]4CCCO4)s3)CC2=O)cc1Cl. The molecule has 2 atom stereocenters. The number of aryl methyl sites for hydroxylation is 1. The Morgan fingerprint density at radius 1 is 1.41 bits per heavy atom. The maximum absolute atomic E-state index is 12.5. The number of benzene rings is 1. The molecule has 142 valence electrons. The summed E-state index contributed by atoms with van der Waals surface area (Å²) in [5.74, 6) is -0.211. The quantitative estimate of drug-likeness (QED) is 0.843. The molecule has 1 aromatic carbocycles. The maximum atomic E-state index is 12.5. The van der Waals surface area contributed by atoms with Crippen molar-refractivity contribution in [3.8, 4) is 0 Å². The summed E-state index contributed by atoms with van der Waals surface area (Å²) in [5, 5.41) is 12.8. The number of nitrogens with zero attached hydrogens (tertiary/aromatic N) is 3. The first-order chi connectivity index (χ1) is 13.0. The zero-order chi connectivity index (χ0) is 19.0. The minimum atomic E-state index is -0.410. The second kappa shape index (κ2) is 7.53. The average Bonchev–Trinajstić information content (AvgIpc) is 3.38. The lowest BCUT2D eigenvalue weighted by Crippen LogP contribution is -2.26. The molecule has 27 heavy (non-hydrogen) atoms. The standard InChI is InChI=1S/C18H19ClN4O3S/c1-10-4-5-12(8-13(10)19)23-9-11(7-15(23)24)17-21-22-18(27-17)20-16(25)14-3-2-6-26-14/h4-5,8,11,14H,2-3,6-7,9H2,1H3,(H,20,22,25)/t11-,14-/m0/s1. The van der Waals surface area contributed by atoms with Gasteiger partial charge in [-0.15, -0.1) is 10.2 Å². The Balaban J connectivity index is 1.43. The van der Waals surface area contributed by atoms with Crippen molar-refractivity contribution in [2.75, 3.05) is 23.4 Å². The first kappa shape index (κ1) is 18.3. The Kier molecular flexibility index (Phi) is 5.12. The van der Waals surface area contributed by atoms with Crippen molar-refractivity contribution in [1.29, 1.82) is 0 Å². The predicted molar refractivity (Wildman–Crippen MR) is 103 cm³/mol. The van der Waals surface area contributed by atoms with E-state index in [2.05, 4.69) is 15.5 Å². The number of aromatic nitrogens is 2. The fourth-order valence-electron chi connectivity index (χ4n) is 3.29. The molecule has 7 nitrogen and oxygen atoms in total. The van der Waals surface area contributed by atoms with E-state index in [1.807, 2.05) is 25.1 Å². The lowest BCUT2D eigenvalue weighted by atomic mass is 10.1. The zero-order valence-electron chi connectivity index (χ0n) is 14.8. The molecule has 0 aliphatic carbocycles. The van der Waals surface area contributed by atoms with Gasteiger partial charge in [0.05, 0.1) is 0 Å². The van der Waals surface area contributed by atoms with Gasteiger partial charge in [0.15, 0.2) is 0 Å². The summed E-state index contributed by atoms with van der Waals surface area (Å²) in [6.07, 6.45) is 1.57. The summed E-state index contributed by atoms with van der Waals surface area (Å²) in [7, 11) is 0. The Bertz CT molecular complexity index is 881. The molecule has 0 unspecified atom stereocenters. The van der Waals surface area contributed by atoms with Crippen LogP contribution in [0.3, 0.4) is 0 Å². The number of hydrogen-bond donors (Lipinski definition) is 1. The lowest BCUT2D eigenvalue weighted by Gasteiger charge is -2.17. The highest BCUT2D eigenvalue weighted by atomic mass is 35.5. The Morgan fingerprint density at radius 3 is 3.00 bits per heavy atom. The molecule has 1 N–H and O–H groups in total. The third kappa shape index (κ3) is 3.83. The van der Waals surface area contributed by atoms with Crippen LogP contribution in [0.5, 0.6) is 0 Å². The van der Waals surface area contributed by atoms with Gasteiger partial charge in [-0.05, 0) is 37.5 Å². The van der Waals surface area contributed by atoms with E-state index in [9.17, 15) is 9.59 Å². The van der Waals surface area contributed by atoms with E-state index in [4.69, 9.17) is 16.3 Å². The Morgan fingerprint density at radius 2 is 2.26 bits per heavy atom. The van der Waals surface area contributed by atoms with Crippen LogP contribution >= 0.6 is 22.9 Å². The third-order valence-corrected chi connectivity index (χ3v) is 6.24. The van der Waals surface area contributed by atoms with Gasteiger partial charge in [-0.1, -0.05) is 29.0 Å². The number of carbonyl (C=O) groups excluding carboxylic acids is 2. The van der Waals surface area contributed by atoms with Crippen LogP contribution in [0.2, 0.25) is 5.02 Å². The molecule has 0 saturated carbocycles. The number of anilines is 2. The van der Waals surface area contributed by atoms with Crippen LogP contribution in [-0.2, 0) is 14.3 Å². The van der Waals surface area contributed by atoms with Crippen molar-refractivity contribution in [2.45, 2.75) is 38.2 Å². The smallest absolute Gasteiger partial charge is 0.255 e. The molecule has 2 aromatic rings. The molecular formula is C18H19ClN4O3S. The van der Waals surface area contributed by atoms with E-state index in [1.165, 1.54) is 11.3 Å². The second-order valence-corrected chi connectivity index (χ2v) is 8.19. The van der Waals surface area contributed by atoms with Crippen LogP contribution in [0.1, 0.15) is 35.8 Å². The topological polar surface area (TPSA) is 84.4 Å². The van der Waals surface area contributed by atoms with Gasteiger partial charge in [0, 0.05) is 36.2 Å². The van der Waals surface area contributed by atoms with Crippen LogP contribution in [0.15, 0.2) is 18.2 Å². The highest BCUT2D eigenvalue weighted by Crippen LogP contribution is 2.35. The molecule has 2 aliphatic heterocycles. The summed E-state index contributed by atoms with van der Waals surface area (Å²) in [6, 6.07) is 5.61. The van der Waals surface area contributed by atoms with E-state index in [1.54, 1.807) is 4.90 Å². The monoisotopic (exact) mass is 406 g/mol. The highest BCUT2D eigenvalue weighted by molar-refractivity contribution is 7.15. The second-order valence-electron chi connectivity index (χ2n) is 6.78.